The molecule has 0 amide bonds. The van der Waals surface area contributed by atoms with Crippen LogP contribution in [0.25, 0.3) is 0 Å². The molecular weight excluding hydrogens is 406 g/mol. The van der Waals surface area contributed by atoms with Crippen molar-refractivity contribution in [2.75, 3.05) is 31.7 Å². The largest absolute Gasteiger partial charge is 0.375 e. The van der Waals surface area contributed by atoms with E-state index in [0.717, 1.165) is 31.6 Å². The summed E-state index contributed by atoms with van der Waals surface area (Å²) in [5, 5.41) is 2.99. The van der Waals surface area contributed by atoms with Crippen LogP contribution in [0.15, 0.2) is 40.3 Å². The van der Waals surface area contributed by atoms with E-state index in [1.54, 1.807) is 0 Å². The molecule has 0 aromatic heterocycles. The van der Waals surface area contributed by atoms with E-state index in [1.807, 2.05) is 30.3 Å². The molecule has 2 rings (SSSR count). The van der Waals surface area contributed by atoms with Crippen molar-refractivity contribution in [3.63, 3.8) is 0 Å². The molecule has 5 N–H and O–H groups in total. The number of benzene rings is 1. The second-order valence-corrected chi connectivity index (χ2v) is 9.42. The molecule has 0 spiro atoms. The molecule has 0 radical (unpaired) electrons. The van der Waals surface area contributed by atoms with Crippen molar-refractivity contribution < 1.29 is 14.2 Å². The summed E-state index contributed by atoms with van der Waals surface area (Å²) in [6, 6.07) is 9.57. The number of nitrogens with two attached hydrogens (primary N) is 2. The van der Waals surface area contributed by atoms with Gasteiger partial charge in [-0.05, 0) is 58.1 Å². The lowest BCUT2D eigenvalue weighted by atomic mass is 9.90. The number of aliphatic imine (C=N–C) groups is 2. The monoisotopic (exact) mass is 447 g/mol. The van der Waals surface area contributed by atoms with Crippen LogP contribution in [0.5, 0.6) is 0 Å². The lowest BCUT2D eigenvalue weighted by Gasteiger charge is -2.33. The molecule has 0 bridgehead atoms. The minimum absolute atomic E-state index is 0.162. The molecule has 0 saturated carbocycles. The molecule has 0 aliphatic carbocycles. The van der Waals surface area contributed by atoms with Crippen molar-refractivity contribution in [2.45, 2.75) is 71.2 Å². The summed E-state index contributed by atoms with van der Waals surface area (Å²) >= 11 is 0. The van der Waals surface area contributed by atoms with Gasteiger partial charge < -0.3 is 31.0 Å². The lowest BCUT2D eigenvalue weighted by molar-refractivity contribution is -0.0881. The maximum Gasteiger partial charge on any atom is 0.218 e. The van der Waals surface area contributed by atoms with Gasteiger partial charge in [-0.15, -0.1) is 0 Å². The molecule has 8 nitrogen and oxygen atoms in total. The summed E-state index contributed by atoms with van der Waals surface area (Å²) in [5.74, 6) is 0.661. The Kier molecular flexibility index (Phi) is 9.93. The van der Waals surface area contributed by atoms with E-state index < -0.39 is 0 Å². The number of ether oxygens (including phenoxy) is 3. The molecular formula is C24H41N5O3. The molecule has 1 saturated heterocycles. The van der Waals surface area contributed by atoms with Crippen LogP contribution in [0.2, 0.25) is 0 Å². The Morgan fingerprint density at radius 3 is 2.53 bits per heavy atom. The van der Waals surface area contributed by atoms with E-state index in [-0.39, 0.29) is 35.1 Å². The number of rotatable bonds is 13. The highest BCUT2D eigenvalue weighted by Gasteiger charge is 2.29. The Hall–Kier alpha value is -2.16. The molecule has 180 valence electrons. The Morgan fingerprint density at radius 1 is 1.22 bits per heavy atom. The van der Waals surface area contributed by atoms with Gasteiger partial charge in [0.25, 0.3) is 0 Å². The molecule has 1 aromatic carbocycles. The number of hydrogen-bond donors (Lipinski definition) is 3. The molecule has 1 aliphatic rings. The Labute approximate surface area is 192 Å². The fourth-order valence-electron chi connectivity index (χ4n) is 3.31. The zero-order chi connectivity index (χ0) is 23.6. The zero-order valence-electron chi connectivity index (χ0n) is 20.3. The molecule has 1 aromatic rings. The second kappa shape index (κ2) is 12.2. The van der Waals surface area contributed by atoms with Crippen LogP contribution in [-0.2, 0) is 14.2 Å². The highest BCUT2D eigenvalue weighted by Crippen LogP contribution is 2.27. The molecule has 3 atom stereocenters. The van der Waals surface area contributed by atoms with E-state index in [2.05, 4.69) is 49.9 Å². The predicted octanol–water partition coefficient (Wildman–Crippen LogP) is 3.52. The number of hydrogen-bond acceptors (Lipinski definition) is 4. The summed E-state index contributed by atoms with van der Waals surface area (Å²) in [4.78, 5) is 8.52. The maximum absolute atomic E-state index is 6.30. The molecule has 1 heterocycles. The number of para-hydroxylation sites is 1. The summed E-state index contributed by atoms with van der Waals surface area (Å²) < 4.78 is 17.5. The van der Waals surface area contributed by atoms with Gasteiger partial charge in [-0.25, -0.2) is 0 Å². The van der Waals surface area contributed by atoms with E-state index in [1.165, 1.54) is 0 Å². The van der Waals surface area contributed by atoms with E-state index in [0.29, 0.717) is 19.8 Å². The molecule has 32 heavy (non-hydrogen) atoms. The van der Waals surface area contributed by atoms with Gasteiger partial charge in [0.2, 0.25) is 11.9 Å². The predicted molar refractivity (Wildman–Crippen MR) is 131 cm³/mol. The lowest BCUT2D eigenvalue weighted by Crippen LogP contribution is -2.34. The first-order valence-corrected chi connectivity index (χ1v) is 11.5. The van der Waals surface area contributed by atoms with Gasteiger partial charge in [-0.2, -0.15) is 4.99 Å². The van der Waals surface area contributed by atoms with Crippen LogP contribution in [0.1, 0.15) is 53.9 Å². The standard InChI is InChI=1S/C24H41N5O3/c1-6-24(5,31-13-12-23(3,4)32-17-20-16-30-20)14-18(2)15-27-21(25)29-22(26)28-19-10-8-7-9-11-19/h7-11,18,20H,6,12-17H2,1-5H3,(H5,25,26,27,28,29). The Balaban J connectivity index is 1.76. The van der Waals surface area contributed by atoms with Gasteiger partial charge in [0.05, 0.1) is 31.0 Å². The minimum Gasteiger partial charge on any atom is -0.375 e. The van der Waals surface area contributed by atoms with E-state index in [4.69, 9.17) is 25.7 Å². The third kappa shape index (κ3) is 10.4. The van der Waals surface area contributed by atoms with Crippen LogP contribution in [0, 0.1) is 5.92 Å². The van der Waals surface area contributed by atoms with Crippen LogP contribution in [0.3, 0.4) is 0 Å². The van der Waals surface area contributed by atoms with Crippen molar-refractivity contribution >= 4 is 17.6 Å². The minimum atomic E-state index is -0.226. The van der Waals surface area contributed by atoms with Gasteiger partial charge in [-0.3, -0.25) is 4.99 Å². The zero-order valence-corrected chi connectivity index (χ0v) is 20.3. The number of guanidine groups is 2. The topological polar surface area (TPSA) is 120 Å². The molecule has 8 heteroatoms. The Morgan fingerprint density at radius 2 is 1.91 bits per heavy atom. The van der Waals surface area contributed by atoms with Gasteiger partial charge in [-0.1, -0.05) is 32.0 Å². The summed E-state index contributed by atoms with van der Waals surface area (Å²) in [6.45, 7) is 13.3. The number of anilines is 1. The number of nitrogens with zero attached hydrogens (tertiary/aromatic N) is 2. The normalized spacial score (nSPS) is 20.0. The summed E-state index contributed by atoms with van der Waals surface area (Å²) in [7, 11) is 0. The van der Waals surface area contributed by atoms with Crippen molar-refractivity contribution in [1.82, 2.24) is 0 Å². The van der Waals surface area contributed by atoms with Gasteiger partial charge in [0.1, 0.15) is 6.10 Å². The fourth-order valence-corrected chi connectivity index (χ4v) is 3.31. The van der Waals surface area contributed by atoms with E-state index in [9.17, 15) is 0 Å². The fraction of sp³-hybridized carbons (Fsp3) is 0.667. The van der Waals surface area contributed by atoms with Crippen LogP contribution in [-0.4, -0.2) is 55.6 Å². The van der Waals surface area contributed by atoms with Crippen LogP contribution < -0.4 is 16.8 Å². The number of nitrogens with one attached hydrogen (secondary N) is 1. The Bertz CT molecular complexity index is 749. The van der Waals surface area contributed by atoms with Crippen LogP contribution in [0.4, 0.5) is 5.69 Å². The highest BCUT2D eigenvalue weighted by molar-refractivity contribution is 6.00. The molecule has 3 unspecified atom stereocenters. The average Bonchev–Trinajstić information content (AvgIpc) is 3.56. The molecule has 1 aliphatic heterocycles. The first kappa shape index (κ1) is 26.1. The van der Waals surface area contributed by atoms with Gasteiger partial charge in [0.15, 0.2) is 0 Å². The smallest absolute Gasteiger partial charge is 0.218 e. The third-order valence-corrected chi connectivity index (χ3v) is 5.59. The SMILES string of the molecule is CCC(C)(CC(C)CN=C(N)N=C(N)Nc1ccccc1)OCCC(C)(C)OCC1CO1. The number of epoxide rings is 1. The highest BCUT2D eigenvalue weighted by atomic mass is 16.6. The van der Waals surface area contributed by atoms with Gasteiger partial charge in [0, 0.05) is 12.2 Å². The summed E-state index contributed by atoms with van der Waals surface area (Å²) in [5.41, 5.74) is 12.2. The van der Waals surface area contributed by atoms with Gasteiger partial charge >= 0.3 is 0 Å². The van der Waals surface area contributed by atoms with E-state index >= 15 is 0 Å². The molecule has 1 fully saturated rings. The first-order valence-electron chi connectivity index (χ1n) is 11.5. The summed E-state index contributed by atoms with van der Waals surface area (Å²) in [6.07, 6.45) is 2.90. The van der Waals surface area contributed by atoms with Crippen molar-refractivity contribution in [2.24, 2.45) is 27.4 Å². The first-order chi connectivity index (χ1) is 15.1. The van der Waals surface area contributed by atoms with Crippen molar-refractivity contribution in [3.05, 3.63) is 30.3 Å². The third-order valence-electron chi connectivity index (χ3n) is 5.59. The van der Waals surface area contributed by atoms with Crippen molar-refractivity contribution in [3.8, 4) is 0 Å². The second-order valence-electron chi connectivity index (χ2n) is 9.42. The van der Waals surface area contributed by atoms with Crippen molar-refractivity contribution in [1.29, 1.82) is 0 Å². The maximum atomic E-state index is 6.30. The average molecular weight is 448 g/mol. The van der Waals surface area contributed by atoms with Crippen LogP contribution >= 0.6 is 0 Å². The quantitative estimate of drug-likeness (QED) is 0.242.